The van der Waals surface area contributed by atoms with Crippen molar-refractivity contribution < 1.29 is 4.42 Å². The Hall–Kier alpha value is -2.39. The van der Waals surface area contributed by atoms with E-state index in [2.05, 4.69) is 47.4 Å². The highest BCUT2D eigenvalue weighted by Crippen LogP contribution is 2.34. The van der Waals surface area contributed by atoms with Gasteiger partial charge < -0.3 is 4.42 Å². The van der Waals surface area contributed by atoms with E-state index in [-0.39, 0.29) is 5.63 Å². The number of hydrogen-bond donors (Lipinski definition) is 0. The van der Waals surface area contributed by atoms with Gasteiger partial charge in [-0.25, -0.2) is 4.79 Å². The molecule has 25 heavy (non-hydrogen) atoms. The van der Waals surface area contributed by atoms with Gasteiger partial charge in [-0.2, -0.15) is 0 Å². The van der Waals surface area contributed by atoms with Crippen LogP contribution in [0.5, 0.6) is 0 Å². The Morgan fingerprint density at radius 2 is 1.92 bits per heavy atom. The Balaban J connectivity index is 1.73. The Kier molecular flexibility index (Phi) is 4.18. The van der Waals surface area contributed by atoms with Gasteiger partial charge in [0.2, 0.25) is 0 Å². The molecule has 0 radical (unpaired) electrons. The molecule has 1 aliphatic rings. The molecule has 1 aliphatic heterocycles. The largest absolute Gasteiger partial charge is 0.422 e. The van der Waals surface area contributed by atoms with E-state index in [1.165, 1.54) is 18.4 Å². The number of likely N-dealkylation sites (tertiary alicyclic amines) is 1. The third kappa shape index (κ3) is 3.00. The van der Waals surface area contributed by atoms with Crippen LogP contribution in [0, 0.1) is 13.8 Å². The second kappa shape index (κ2) is 6.49. The molecular weight excluding hydrogens is 310 g/mol. The normalized spacial score (nSPS) is 18.1. The van der Waals surface area contributed by atoms with Crippen LogP contribution in [0.4, 0.5) is 0 Å². The molecule has 1 fully saturated rings. The van der Waals surface area contributed by atoms with Gasteiger partial charge in [-0.1, -0.05) is 42.5 Å². The summed E-state index contributed by atoms with van der Waals surface area (Å²) in [5, 5.41) is 1.06. The third-order valence-corrected chi connectivity index (χ3v) is 5.44. The van der Waals surface area contributed by atoms with Crippen LogP contribution in [-0.4, -0.2) is 11.4 Å². The number of benzene rings is 2. The van der Waals surface area contributed by atoms with Crippen molar-refractivity contribution in [3.63, 3.8) is 0 Å². The van der Waals surface area contributed by atoms with Crippen LogP contribution >= 0.6 is 0 Å². The Morgan fingerprint density at radius 3 is 2.72 bits per heavy atom. The van der Waals surface area contributed by atoms with Crippen molar-refractivity contribution >= 4 is 11.0 Å². The Morgan fingerprint density at radius 1 is 1.12 bits per heavy atom. The fourth-order valence-electron chi connectivity index (χ4n) is 3.94. The van der Waals surface area contributed by atoms with Crippen molar-refractivity contribution in [1.82, 2.24) is 4.90 Å². The molecule has 0 saturated carbocycles. The molecule has 1 aromatic heterocycles. The maximum Gasteiger partial charge on any atom is 0.336 e. The molecule has 0 amide bonds. The van der Waals surface area contributed by atoms with Gasteiger partial charge in [0.15, 0.2) is 0 Å². The smallest absolute Gasteiger partial charge is 0.336 e. The van der Waals surface area contributed by atoms with Crippen molar-refractivity contribution in [2.75, 3.05) is 6.54 Å². The van der Waals surface area contributed by atoms with E-state index >= 15 is 0 Å². The molecule has 0 spiro atoms. The zero-order chi connectivity index (χ0) is 17.4. The molecule has 1 saturated heterocycles. The Bertz CT molecular complexity index is 959. The minimum atomic E-state index is -0.258. The van der Waals surface area contributed by atoms with Crippen LogP contribution in [0.2, 0.25) is 0 Å². The first-order chi connectivity index (χ1) is 12.1. The number of hydrogen-bond acceptors (Lipinski definition) is 3. The van der Waals surface area contributed by atoms with Gasteiger partial charge in [-0.05, 0) is 55.5 Å². The summed E-state index contributed by atoms with van der Waals surface area (Å²) in [5.41, 5.74) is 5.11. The summed E-state index contributed by atoms with van der Waals surface area (Å²) in [6.45, 7) is 5.91. The summed E-state index contributed by atoms with van der Waals surface area (Å²) in [7, 11) is 0. The van der Waals surface area contributed by atoms with Gasteiger partial charge in [0.25, 0.3) is 0 Å². The van der Waals surface area contributed by atoms with Crippen molar-refractivity contribution in [3.8, 4) is 0 Å². The summed E-state index contributed by atoms with van der Waals surface area (Å²) in [6.07, 6.45) is 2.36. The van der Waals surface area contributed by atoms with E-state index in [0.29, 0.717) is 6.04 Å². The third-order valence-electron chi connectivity index (χ3n) is 5.44. The summed E-state index contributed by atoms with van der Waals surface area (Å²) < 4.78 is 5.52. The summed E-state index contributed by atoms with van der Waals surface area (Å²) in [5.74, 6) is 0. The summed E-state index contributed by atoms with van der Waals surface area (Å²) in [6, 6.07) is 17.0. The lowest BCUT2D eigenvalue weighted by Gasteiger charge is -2.25. The highest BCUT2D eigenvalue weighted by atomic mass is 16.4. The molecule has 2 aromatic carbocycles. The van der Waals surface area contributed by atoms with Crippen molar-refractivity contribution in [2.45, 2.75) is 39.3 Å². The molecule has 3 aromatic rings. The topological polar surface area (TPSA) is 33.5 Å². The fourth-order valence-corrected chi connectivity index (χ4v) is 3.94. The highest BCUT2D eigenvalue weighted by molar-refractivity contribution is 5.83. The van der Waals surface area contributed by atoms with Gasteiger partial charge in [0, 0.05) is 24.0 Å². The molecule has 3 heteroatoms. The molecule has 3 nitrogen and oxygen atoms in total. The second-order valence-corrected chi connectivity index (χ2v) is 7.01. The van der Waals surface area contributed by atoms with E-state index in [4.69, 9.17) is 4.42 Å². The number of rotatable bonds is 3. The molecule has 4 rings (SSSR count). The first-order valence-corrected chi connectivity index (χ1v) is 8.95. The maximum atomic E-state index is 12.1. The van der Waals surface area contributed by atoms with Crippen LogP contribution in [0.15, 0.2) is 57.7 Å². The number of aryl methyl sites for hydroxylation is 2. The highest BCUT2D eigenvalue weighted by Gasteiger charge is 2.26. The lowest BCUT2D eigenvalue weighted by molar-refractivity contribution is 0.249. The van der Waals surface area contributed by atoms with E-state index in [9.17, 15) is 4.79 Å². The molecular formula is C22H23NO2. The monoisotopic (exact) mass is 333 g/mol. The SMILES string of the molecule is Cc1ccc2c(CN3CCC[C@@H]3c3ccccc3)cc(=O)oc2c1C. The second-order valence-electron chi connectivity index (χ2n) is 7.01. The minimum Gasteiger partial charge on any atom is -0.422 e. The first kappa shape index (κ1) is 16.1. The zero-order valence-corrected chi connectivity index (χ0v) is 14.8. The number of fused-ring (bicyclic) bond motifs is 1. The van der Waals surface area contributed by atoms with Crippen molar-refractivity contribution in [3.05, 3.63) is 81.2 Å². The molecule has 0 unspecified atom stereocenters. The van der Waals surface area contributed by atoms with Gasteiger partial charge in [-0.15, -0.1) is 0 Å². The van der Waals surface area contributed by atoms with Crippen LogP contribution in [0.25, 0.3) is 11.0 Å². The van der Waals surface area contributed by atoms with Gasteiger partial charge in [0.1, 0.15) is 5.58 Å². The van der Waals surface area contributed by atoms with Crippen LogP contribution in [-0.2, 0) is 6.54 Å². The van der Waals surface area contributed by atoms with E-state index < -0.39 is 0 Å². The summed E-state index contributed by atoms with van der Waals surface area (Å²) >= 11 is 0. The predicted octanol–water partition coefficient (Wildman–Crippen LogP) is 4.75. The molecule has 0 N–H and O–H groups in total. The van der Waals surface area contributed by atoms with E-state index in [1.54, 1.807) is 6.07 Å². The maximum absolute atomic E-state index is 12.1. The van der Waals surface area contributed by atoms with Crippen LogP contribution in [0.1, 0.15) is 41.1 Å². The molecule has 0 bridgehead atoms. The average Bonchev–Trinajstić information content (AvgIpc) is 3.07. The molecule has 1 atom stereocenters. The lowest BCUT2D eigenvalue weighted by Crippen LogP contribution is -2.23. The van der Waals surface area contributed by atoms with Gasteiger partial charge in [-0.3, -0.25) is 4.90 Å². The lowest BCUT2D eigenvalue weighted by atomic mass is 10.0. The fraction of sp³-hybridized carbons (Fsp3) is 0.318. The minimum absolute atomic E-state index is 0.258. The number of nitrogens with zero attached hydrogens (tertiary/aromatic N) is 1. The Labute approximate surface area is 147 Å². The average molecular weight is 333 g/mol. The van der Waals surface area contributed by atoms with Crippen molar-refractivity contribution in [1.29, 1.82) is 0 Å². The zero-order valence-electron chi connectivity index (χ0n) is 14.8. The summed E-state index contributed by atoms with van der Waals surface area (Å²) in [4.78, 5) is 14.6. The molecule has 2 heterocycles. The molecule has 0 aliphatic carbocycles. The van der Waals surface area contributed by atoms with Gasteiger partial charge >= 0.3 is 5.63 Å². The molecule has 128 valence electrons. The predicted molar refractivity (Wildman–Crippen MR) is 101 cm³/mol. The van der Waals surface area contributed by atoms with E-state index in [1.807, 2.05) is 13.8 Å². The quantitative estimate of drug-likeness (QED) is 0.649. The van der Waals surface area contributed by atoms with Crippen LogP contribution in [0.3, 0.4) is 0 Å². The van der Waals surface area contributed by atoms with Crippen molar-refractivity contribution in [2.24, 2.45) is 0 Å². The standard InChI is InChI=1S/C22H23NO2/c1-15-10-11-19-18(13-21(24)25-22(19)16(15)2)14-23-12-6-9-20(23)17-7-4-3-5-8-17/h3-5,7-8,10-11,13,20H,6,9,12,14H2,1-2H3/t20-/m1/s1. The van der Waals surface area contributed by atoms with Gasteiger partial charge in [0.05, 0.1) is 0 Å². The first-order valence-electron chi connectivity index (χ1n) is 8.95. The van der Waals surface area contributed by atoms with Crippen LogP contribution < -0.4 is 5.63 Å². The van der Waals surface area contributed by atoms with E-state index in [0.717, 1.165) is 40.7 Å².